The molecule has 0 aliphatic rings. The molecule has 0 aliphatic heterocycles. The fourth-order valence-electron chi connectivity index (χ4n) is 1.83. The normalized spacial score (nSPS) is 12.5. The number of nitrogens with zero attached hydrogens (tertiary/aromatic N) is 2. The zero-order valence-electron chi connectivity index (χ0n) is 10.7. The average Bonchev–Trinajstić information content (AvgIpc) is 2.89. The van der Waals surface area contributed by atoms with Crippen LogP contribution in [0.4, 0.5) is 0 Å². The van der Waals surface area contributed by atoms with E-state index >= 15 is 0 Å². The fraction of sp³-hybridized carbons (Fsp3) is 0.429. The first-order valence-corrected chi connectivity index (χ1v) is 6.45. The molecule has 1 atom stereocenters. The minimum atomic E-state index is -0.747. The van der Waals surface area contributed by atoms with Gasteiger partial charge < -0.3 is 14.7 Å². The van der Waals surface area contributed by atoms with E-state index in [9.17, 15) is 5.11 Å². The first-order valence-electron chi connectivity index (χ1n) is 6.45. The van der Waals surface area contributed by atoms with Crippen LogP contribution in [-0.4, -0.2) is 27.0 Å². The van der Waals surface area contributed by atoms with E-state index in [0.29, 0.717) is 25.1 Å². The molecule has 0 saturated carbocycles. The number of unbranched alkanes of at least 4 members (excludes halogenated alkanes) is 1. The quantitative estimate of drug-likeness (QED) is 0.744. The third kappa shape index (κ3) is 4.15. The summed E-state index contributed by atoms with van der Waals surface area (Å²) in [5, 5.41) is 22.4. The van der Waals surface area contributed by atoms with Gasteiger partial charge in [-0.3, -0.25) is 0 Å². The summed E-state index contributed by atoms with van der Waals surface area (Å²) in [5.41, 5.74) is 1.10. The molecule has 2 N–H and O–H groups in total. The number of benzene rings is 1. The van der Waals surface area contributed by atoms with Gasteiger partial charge in [0.1, 0.15) is 6.10 Å². The molecule has 102 valence electrons. The molecule has 19 heavy (non-hydrogen) atoms. The van der Waals surface area contributed by atoms with Crippen molar-refractivity contribution in [2.75, 3.05) is 6.61 Å². The van der Waals surface area contributed by atoms with Gasteiger partial charge in [0.15, 0.2) is 5.82 Å². The summed E-state index contributed by atoms with van der Waals surface area (Å²) < 4.78 is 5.06. The van der Waals surface area contributed by atoms with Crippen molar-refractivity contribution >= 4 is 0 Å². The molecular formula is C14H18N2O3. The Bertz CT molecular complexity index is 484. The van der Waals surface area contributed by atoms with Crippen LogP contribution in [0.25, 0.3) is 0 Å². The number of rotatable bonds is 7. The van der Waals surface area contributed by atoms with Crippen LogP contribution in [0.1, 0.15) is 42.6 Å². The van der Waals surface area contributed by atoms with Gasteiger partial charge in [0.25, 0.3) is 5.89 Å². The van der Waals surface area contributed by atoms with Crippen molar-refractivity contribution < 1.29 is 14.7 Å². The first-order chi connectivity index (χ1) is 9.29. The molecule has 1 unspecified atom stereocenters. The molecule has 1 aromatic heterocycles. The van der Waals surface area contributed by atoms with Crippen molar-refractivity contribution in [2.24, 2.45) is 0 Å². The smallest absolute Gasteiger partial charge is 0.255 e. The minimum Gasteiger partial charge on any atom is -0.396 e. The Morgan fingerprint density at radius 1 is 1.16 bits per heavy atom. The highest BCUT2D eigenvalue weighted by Crippen LogP contribution is 2.18. The second-order valence-electron chi connectivity index (χ2n) is 4.45. The molecule has 2 rings (SSSR count). The maximum Gasteiger partial charge on any atom is 0.255 e. The van der Waals surface area contributed by atoms with Crippen molar-refractivity contribution in [1.82, 2.24) is 10.1 Å². The van der Waals surface area contributed by atoms with Crippen LogP contribution in [-0.2, 0) is 6.42 Å². The van der Waals surface area contributed by atoms with Gasteiger partial charge in [-0.25, -0.2) is 0 Å². The van der Waals surface area contributed by atoms with Crippen LogP contribution in [0.2, 0.25) is 0 Å². The Balaban J connectivity index is 1.91. The molecule has 5 nitrogen and oxygen atoms in total. The number of aromatic nitrogens is 2. The van der Waals surface area contributed by atoms with Crippen molar-refractivity contribution in [2.45, 2.75) is 31.8 Å². The van der Waals surface area contributed by atoms with Gasteiger partial charge >= 0.3 is 0 Å². The third-order valence-corrected chi connectivity index (χ3v) is 2.86. The summed E-state index contributed by atoms with van der Waals surface area (Å²) in [4.78, 5) is 4.19. The molecule has 0 aliphatic carbocycles. The standard InChI is InChI=1S/C14H18N2O3/c17-9-5-4-8-12(18)14-15-13(16-19-14)10-11-6-2-1-3-7-11/h1-3,6-7,12,17-18H,4-5,8-10H2. The highest BCUT2D eigenvalue weighted by atomic mass is 16.5. The van der Waals surface area contributed by atoms with Crippen LogP contribution in [0.3, 0.4) is 0 Å². The number of aliphatic hydroxyl groups excluding tert-OH is 2. The molecular weight excluding hydrogens is 244 g/mol. The van der Waals surface area contributed by atoms with Crippen molar-refractivity contribution in [3.8, 4) is 0 Å². The molecule has 5 heteroatoms. The summed E-state index contributed by atoms with van der Waals surface area (Å²) >= 11 is 0. The predicted octanol–water partition coefficient (Wildman–Crippen LogP) is 1.86. The SMILES string of the molecule is OCCCCC(O)c1nc(Cc2ccccc2)no1. The van der Waals surface area contributed by atoms with Crippen molar-refractivity contribution in [3.05, 3.63) is 47.6 Å². The Morgan fingerprint density at radius 2 is 1.95 bits per heavy atom. The van der Waals surface area contributed by atoms with Crippen molar-refractivity contribution in [3.63, 3.8) is 0 Å². The molecule has 0 fully saturated rings. The number of hydrogen-bond acceptors (Lipinski definition) is 5. The summed E-state index contributed by atoms with van der Waals surface area (Å²) in [6, 6.07) is 9.86. The van der Waals surface area contributed by atoms with Crippen LogP contribution in [0.15, 0.2) is 34.9 Å². The zero-order chi connectivity index (χ0) is 13.5. The lowest BCUT2D eigenvalue weighted by molar-refractivity contribution is 0.119. The summed E-state index contributed by atoms with van der Waals surface area (Å²) in [6.07, 6.45) is 1.76. The van der Waals surface area contributed by atoms with E-state index in [1.807, 2.05) is 30.3 Å². The summed E-state index contributed by atoms with van der Waals surface area (Å²) in [6.45, 7) is 0.135. The van der Waals surface area contributed by atoms with E-state index in [1.165, 1.54) is 0 Å². The molecule has 0 bridgehead atoms. The van der Waals surface area contributed by atoms with E-state index in [-0.39, 0.29) is 12.5 Å². The Labute approximate surface area is 111 Å². The highest BCUT2D eigenvalue weighted by Gasteiger charge is 2.15. The molecule has 2 aromatic rings. The van der Waals surface area contributed by atoms with E-state index in [2.05, 4.69) is 10.1 Å². The first kappa shape index (κ1) is 13.7. The third-order valence-electron chi connectivity index (χ3n) is 2.86. The molecule has 0 saturated heterocycles. The van der Waals surface area contributed by atoms with Crippen LogP contribution in [0.5, 0.6) is 0 Å². The lowest BCUT2D eigenvalue weighted by Gasteiger charge is -2.03. The molecule has 1 heterocycles. The maximum absolute atomic E-state index is 9.85. The molecule has 0 amide bonds. The van der Waals surface area contributed by atoms with Gasteiger partial charge in [0.2, 0.25) is 0 Å². The van der Waals surface area contributed by atoms with Gasteiger partial charge in [-0.15, -0.1) is 0 Å². The summed E-state index contributed by atoms with van der Waals surface area (Å²) in [5.74, 6) is 0.825. The Kier molecular flexibility index (Phi) is 5.06. The van der Waals surface area contributed by atoms with Gasteiger partial charge in [-0.1, -0.05) is 35.5 Å². The molecule has 0 radical (unpaired) electrons. The van der Waals surface area contributed by atoms with Gasteiger partial charge in [0, 0.05) is 13.0 Å². The topological polar surface area (TPSA) is 79.4 Å². The zero-order valence-corrected chi connectivity index (χ0v) is 10.7. The maximum atomic E-state index is 9.85. The second-order valence-corrected chi connectivity index (χ2v) is 4.45. The molecule has 0 spiro atoms. The average molecular weight is 262 g/mol. The van der Waals surface area contributed by atoms with Crippen molar-refractivity contribution in [1.29, 1.82) is 0 Å². The fourth-order valence-corrected chi connectivity index (χ4v) is 1.83. The number of aliphatic hydroxyl groups is 2. The van der Waals surface area contributed by atoms with E-state index in [1.54, 1.807) is 0 Å². The number of hydrogen-bond donors (Lipinski definition) is 2. The highest BCUT2D eigenvalue weighted by molar-refractivity contribution is 5.18. The lowest BCUT2D eigenvalue weighted by atomic mass is 10.1. The largest absolute Gasteiger partial charge is 0.396 e. The second kappa shape index (κ2) is 7.01. The van der Waals surface area contributed by atoms with Gasteiger partial charge in [0.05, 0.1) is 0 Å². The monoisotopic (exact) mass is 262 g/mol. The van der Waals surface area contributed by atoms with Crippen LogP contribution in [0, 0.1) is 0 Å². The van der Waals surface area contributed by atoms with Crippen LogP contribution >= 0.6 is 0 Å². The predicted molar refractivity (Wildman–Crippen MR) is 69.4 cm³/mol. The Morgan fingerprint density at radius 3 is 2.68 bits per heavy atom. The minimum absolute atomic E-state index is 0.135. The Hall–Kier alpha value is -1.72. The van der Waals surface area contributed by atoms with Gasteiger partial charge in [-0.2, -0.15) is 4.98 Å². The van der Waals surface area contributed by atoms with E-state index in [0.717, 1.165) is 12.0 Å². The van der Waals surface area contributed by atoms with E-state index in [4.69, 9.17) is 9.63 Å². The summed E-state index contributed by atoms with van der Waals surface area (Å²) in [7, 11) is 0. The van der Waals surface area contributed by atoms with Gasteiger partial charge in [-0.05, 0) is 24.8 Å². The lowest BCUT2D eigenvalue weighted by Crippen LogP contribution is -1.99. The van der Waals surface area contributed by atoms with E-state index < -0.39 is 6.10 Å². The molecule has 1 aromatic carbocycles. The van der Waals surface area contributed by atoms with Crippen LogP contribution < -0.4 is 0 Å².